The average molecular weight is 637 g/mol. The van der Waals surface area contributed by atoms with Gasteiger partial charge in [0.2, 0.25) is 5.28 Å². The lowest BCUT2D eigenvalue weighted by Gasteiger charge is -2.19. The number of aliphatic carboxylic acids is 1. The molecule has 2 aromatic heterocycles. The highest BCUT2D eigenvalue weighted by Crippen LogP contribution is 2.33. The predicted octanol–water partition coefficient (Wildman–Crippen LogP) is 3.11. The Morgan fingerprint density at radius 1 is 1.02 bits per heavy atom. The fourth-order valence-electron chi connectivity index (χ4n) is 4.58. The zero-order chi connectivity index (χ0) is 32.0. The van der Waals surface area contributed by atoms with Gasteiger partial charge in [-0.3, -0.25) is 9.36 Å². The molecule has 4 atom stereocenters. The summed E-state index contributed by atoms with van der Waals surface area (Å²) in [5, 5.41) is 34.1. The monoisotopic (exact) mass is 636 g/mol. The molecule has 0 radical (unpaired) electrons. The third kappa shape index (κ3) is 7.42. The van der Waals surface area contributed by atoms with Crippen LogP contribution in [0.2, 0.25) is 5.28 Å². The van der Waals surface area contributed by atoms with Gasteiger partial charge in [-0.25, -0.2) is 9.78 Å². The number of carboxylic acids is 1. The summed E-state index contributed by atoms with van der Waals surface area (Å²) in [6.07, 6.45) is -8.78. The van der Waals surface area contributed by atoms with E-state index in [0.717, 1.165) is 11.1 Å². The number of aromatic nitrogens is 4. The molecule has 0 spiro atoms. The smallest absolute Gasteiger partial charge is 0.475 e. The Balaban J connectivity index is 0.000000566. The molecule has 234 valence electrons. The van der Waals surface area contributed by atoms with E-state index in [1.165, 1.54) is 10.9 Å². The first-order chi connectivity index (χ1) is 20.9. The molecule has 4 aromatic rings. The van der Waals surface area contributed by atoms with Crippen LogP contribution in [-0.2, 0) is 14.3 Å². The summed E-state index contributed by atoms with van der Waals surface area (Å²) in [5.74, 6) is -2.82. The Bertz CT molecular complexity index is 1540. The van der Waals surface area contributed by atoms with Crippen LogP contribution >= 0.6 is 11.6 Å². The minimum Gasteiger partial charge on any atom is -0.475 e. The number of alkyl halides is 3. The summed E-state index contributed by atoms with van der Waals surface area (Å²) >= 11 is 6.27. The van der Waals surface area contributed by atoms with E-state index in [2.05, 4.69) is 49.9 Å². The second kappa shape index (κ2) is 14.0. The fraction of sp³-hybridized carbons (Fsp3) is 0.321. The summed E-state index contributed by atoms with van der Waals surface area (Å²) in [4.78, 5) is 34.3. The van der Waals surface area contributed by atoms with E-state index in [-0.39, 0.29) is 11.2 Å². The Hall–Kier alpha value is -4.31. The first-order valence-electron chi connectivity index (χ1n) is 13.3. The van der Waals surface area contributed by atoms with Gasteiger partial charge in [0.05, 0.1) is 6.33 Å². The summed E-state index contributed by atoms with van der Waals surface area (Å²) in [6.45, 7) is 2.62. The molecule has 0 aliphatic carbocycles. The van der Waals surface area contributed by atoms with Crippen molar-refractivity contribution in [3.05, 3.63) is 83.4 Å². The highest BCUT2D eigenvalue weighted by Gasteiger charge is 2.47. The van der Waals surface area contributed by atoms with Crippen molar-refractivity contribution in [2.75, 3.05) is 18.4 Å². The van der Waals surface area contributed by atoms with Crippen LogP contribution in [0.3, 0.4) is 0 Å². The Morgan fingerprint density at radius 2 is 1.59 bits per heavy atom. The largest absolute Gasteiger partial charge is 0.490 e. The standard InChI is InChI=1S/C26H27ClN6O4.C2HF3O2/c1-2-28-24(36)21-19(34)20(35)25(37-21)33-14-30-18-22(31-26(27)32-23(18)33)29-13-17(15-9-5-3-6-10-15)16-11-7-4-8-12-16;3-2(4,5)1(6)7/h3-12,14,17,19-21,25,34-35H,2,13H2,1H3,(H,28,36)(H,29,31,32);(H,6,7)/t19-,20+,21-,25+;/m0./s1. The molecule has 44 heavy (non-hydrogen) atoms. The van der Waals surface area contributed by atoms with Crippen LogP contribution in [0, 0.1) is 0 Å². The quantitative estimate of drug-likeness (QED) is 0.181. The van der Waals surface area contributed by atoms with Crippen LogP contribution in [0.15, 0.2) is 67.0 Å². The van der Waals surface area contributed by atoms with Gasteiger partial charge in [0.1, 0.15) is 12.2 Å². The minimum absolute atomic E-state index is 0.0268. The summed E-state index contributed by atoms with van der Waals surface area (Å²) in [7, 11) is 0. The van der Waals surface area contributed by atoms with Crippen LogP contribution in [0.5, 0.6) is 0 Å². The van der Waals surface area contributed by atoms with Gasteiger partial charge in [-0.05, 0) is 29.7 Å². The Labute approximate surface area is 253 Å². The number of benzene rings is 2. The van der Waals surface area contributed by atoms with E-state index < -0.39 is 42.6 Å². The number of aliphatic hydroxyl groups is 2. The molecule has 0 unspecified atom stereocenters. The number of fused-ring (bicyclic) bond motifs is 1. The van der Waals surface area contributed by atoms with Gasteiger partial charge in [0.25, 0.3) is 5.91 Å². The zero-order valence-electron chi connectivity index (χ0n) is 23.0. The fourth-order valence-corrected chi connectivity index (χ4v) is 4.74. The molecule has 1 aliphatic rings. The van der Waals surface area contributed by atoms with Crippen molar-refractivity contribution in [3.63, 3.8) is 0 Å². The second-order valence-electron chi connectivity index (χ2n) is 9.55. The number of likely N-dealkylation sites (N-methyl/N-ethyl adjacent to an activating group) is 1. The van der Waals surface area contributed by atoms with Crippen LogP contribution in [0.25, 0.3) is 11.2 Å². The molecule has 5 N–H and O–H groups in total. The van der Waals surface area contributed by atoms with Gasteiger partial charge < -0.3 is 30.7 Å². The lowest BCUT2D eigenvalue weighted by molar-refractivity contribution is -0.192. The molecule has 3 heterocycles. The van der Waals surface area contributed by atoms with Crippen LogP contribution in [0.4, 0.5) is 19.0 Å². The molecule has 16 heteroatoms. The van der Waals surface area contributed by atoms with Crippen LogP contribution in [-0.4, -0.2) is 84.3 Å². The van der Waals surface area contributed by atoms with Crippen molar-refractivity contribution in [1.29, 1.82) is 0 Å². The van der Waals surface area contributed by atoms with Crippen LogP contribution in [0.1, 0.15) is 30.2 Å². The first-order valence-corrected chi connectivity index (χ1v) is 13.6. The molecule has 1 fully saturated rings. The number of nitrogens with one attached hydrogen (secondary N) is 2. The van der Waals surface area contributed by atoms with E-state index in [0.29, 0.717) is 30.1 Å². The van der Waals surface area contributed by atoms with Crippen molar-refractivity contribution in [2.24, 2.45) is 0 Å². The number of halogens is 4. The molecule has 2 aromatic carbocycles. The SMILES string of the molecule is CCNC(=O)[C@H]1O[C@@H](n2cnc3c(NCC(c4ccccc4)c4ccccc4)nc(Cl)nc32)[C@H](O)[C@@H]1O.O=C(O)C(F)(F)F. The minimum atomic E-state index is -5.08. The van der Waals surface area contributed by atoms with Gasteiger partial charge >= 0.3 is 12.1 Å². The molecule has 1 saturated heterocycles. The maximum Gasteiger partial charge on any atom is 0.490 e. The lowest BCUT2D eigenvalue weighted by atomic mass is 9.91. The zero-order valence-corrected chi connectivity index (χ0v) is 23.8. The number of nitrogens with zero attached hydrogens (tertiary/aromatic N) is 4. The van der Waals surface area contributed by atoms with Gasteiger partial charge in [0, 0.05) is 19.0 Å². The number of anilines is 1. The van der Waals surface area contributed by atoms with E-state index >= 15 is 0 Å². The number of carboxylic acid groups (broad SMARTS) is 1. The molecule has 0 saturated carbocycles. The molecule has 0 bridgehead atoms. The van der Waals surface area contributed by atoms with E-state index in [1.807, 2.05) is 36.4 Å². The predicted molar refractivity (Wildman–Crippen MR) is 152 cm³/mol. The Morgan fingerprint density at radius 3 is 2.11 bits per heavy atom. The van der Waals surface area contributed by atoms with E-state index in [9.17, 15) is 28.2 Å². The number of hydrogen-bond donors (Lipinski definition) is 5. The van der Waals surface area contributed by atoms with Crippen LogP contribution < -0.4 is 10.6 Å². The van der Waals surface area contributed by atoms with Crippen molar-refractivity contribution in [1.82, 2.24) is 24.8 Å². The highest BCUT2D eigenvalue weighted by molar-refractivity contribution is 6.28. The number of carbonyl (C=O) groups is 2. The summed E-state index contributed by atoms with van der Waals surface area (Å²) < 4.78 is 38.9. The maximum atomic E-state index is 12.3. The second-order valence-corrected chi connectivity index (χ2v) is 9.88. The van der Waals surface area contributed by atoms with Gasteiger partial charge in [0.15, 0.2) is 29.3 Å². The first kappa shape index (κ1) is 32.6. The number of carbonyl (C=O) groups excluding carboxylic acids is 1. The topological polar surface area (TPSA) is 172 Å². The highest BCUT2D eigenvalue weighted by atomic mass is 35.5. The van der Waals surface area contributed by atoms with Gasteiger partial charge in [-0.15, -0.1) is 0 Å². The summed E-state index contributed by atoms with van der Waals surface area (Å²) in [5.41, 5.74) is 2.98. The van der Waals surface area contributed by atoms with Gasteiger partial charge in [-0.2, -0.15) is 23.1 Å². The Kier molecular flexibility index (Phi) is 10.4. The third-order valence-corrected chi connectivity index (χ3v) is 6.81. The third-order valence-electron chi connectivity index (χ3n) is 6.64. The van der Waals surface area contributed by atoms with Crippen molar-refractivity contribution in [3.8, 4) is 0 Å². The average Bonchev–Trinajstić information content (AvgIpc) is 3.54. The van der Waals surface area contributed by atoms with Crippen molar-refractivity contribution < 1.29 is 42.8 Å². The number of ether oxygens (including phenoxy) is 1. The number of aliphatic hydroxyl groups excluding tert-OH is 2. The normalized spacial score (nSPS) is 19.8. The molecule has 1 aliphatic heterocycles. The number of rotatable bonds is 8. The maximum absolute atomic E-state index is 12.3. The van der Waals surface area contributed by atoms with E-state index in [1.54, 1.807) is 6.92 Å². The summed E-state index contributed by atoms with van der Waals surface area (Å²) in [6, 6.07) is 20.3. The number of amides is 1. The molecular weight excluding hydrogens is 609 g/mol. The van der Waals surface area contributed by atoms with Crippen molar-refractivity contribution in [2.45, 2.75) is 43.6 Å². The molecular formula is C28H28ClF3N6O6. The molecule has 12 nitrogen and oxygen atoms in total. The molecule has 5 rings (SSSR count). The van der Waals surface area contributed by atoms with E-state index in [4.69, 9.17) is 26.2 Å². The van der Waals surface area contributed by atoms with Crippen molar-refractivity contribution >= 4 is 40.5 Å². The number of hydrogen-bond acceptors (Lipinski definition) is 9. The number of imidazole rings is 1. The van der Waals surface area contributed by atoms with Gasteiger partial charge in [-0.1, -0.05) is 60.7 Å². The molecule has 1 amide bonds. The lowest BCUT2D eigenvalue weighted by Crippen LogP contribution is -2.42.